The summed E-state index contributed by atoms with van der Waals surface area (Å²) in [7, 11) is 0. The van der Waals surface area contributed by atoms with Crippen LogP contribution in [0.15, 0.2) is 40.9 Å². The van der Waals surface area contributed by atoms with E-state index in [1.807, 2.05) is 0 Å². The molecule has 5 heteroatoms. The van der Waals surface area contributed by atoms with Gasteiger partial charge in [0.1, 0.15) is 5.82 Å². The van der Waals surface area contributed by atoms with Crippen LogP contribution in [0.1, 0.15) is 15.9 Å². The number of hydrogen-bond donors (Lipinski definition) is 2. The molecule has 0 aliphatic rings. The third-order valence-corrected chi connectivity index (χ3v) is 3.27. The van der Waals surface area contributed by atoms with E-state index in [9.17, 15) is 9.18 Å². The van der Waals surface area contributed by atoms with Crippen LogP contribution in [-0.2, 0) is 0 Å². The van der Waals surface area contributed by atoms with Crippen LogP contribution in [0.4, 0.5) is 15.8 Å². The number of nitrogen functional groups attached to an aromatic ring is 1. The first kappa shape index (κ1) is 14.1. The second kappa shape index (κ2) is 5.76. The summed E-state index contributed by atoms with van der Waals surface area (Å²) in [5.74, 6) is 1.49. The van der Waals surface area contributed by atoms with E-state index in [0.29, 0.717) is 15.7 Å². The van der Waals surface area contributed by atoms with Gasteiger partial charge in [0.2, 0.25) is 0 Å². The molecule has 2 aromatic rings. The third kappa shape index (κ3) is 2.98. The number of carbonyl (C=O) groups excluding carboxylic acids is 1. The zero-order valence-corrected chi connectivity index (χ0v) is 11.9. The normalized spacial score (nSPS) is 9.85. The Hall–Kier alpha value is -2.32. The average Bonchev–Trinajstić information content (AvgIpc) is 2.43. The summed E-state index contributed by atoms with van der Waals surface area (Å²) in [6, 6.07) is 9.29. The summed E-state index contributed by atoms with van der Waals surface area (Å²) in [5, 5.41) is 2.68. The molecule has 1 amide bonds. The molecule has 0 fully saturated rings. The van der Waals surface area contributed by atoms with E-state index in [0.717, 1.165) is 6.07 Å². The highest BCUT2D eigenvalue weighted by molar-refractivity contribution is 9.10. The Morgan fingerprint density at radius 3 is 2.80 bits per heavy atom. The summed E-state index contributed by atoms with van der Waals surface area (Å²) in [4.78, 5) is 12.1. The van der Waals surface area contributed by atoms with Crippen molar-refractivity contribution >= 4 is 33.2 Å². The summed E-state index contributed by atoms with van der Waals surface area (Å²) < 4.78 is 13.6. The molecular weight excluding hydrogens is 323 g/mol. The number of nitrogens with one attached hydrogen (secondary N) is 1. The Labute approximate surface area is 124 Å². The quantitative estimate of drug-likeness (QED) is 0.654. The number of halogens is 2. The van der Waals surface area contributed by atoms with Crippen molar-refractivity contribution in [2.45, 2.75) is 0 Å². The largest absolute Gasteiger partial charge is 0.396 e. The fourth-order valence-electron chi connectivity index (χ4n) is 1.62. The van der Waals surface area contributed by atoms with E-state index >= 15 is 0 Å². The first-order valence-corrected chi connectivity index (χ1v) is 6.43. The lowest BCUT2D eigenvalue weighted by atomic mass is 10.1. The Balaban J connectivity index is 2.28. The Bertz CT molecular complexity index is 722. The molecule has 0 spiro atoms. The lowest BCUT2D eigenvalue weighted by molar-refractivity contribution is 0.102. The molecule has 2 aromatic carbocycles. The molecule has 0 aromatic heterocycles. The standard InChI is InChI=1S/C15H10BrFN2O/c1-2-9-4-3-5-10(6-9)19-15(20)11-7-14(18)13(17)8-12(11)16/h1,3-8H,18H2,(H,19,20). The van der Waals surface area contributed by atoms with Crippen LogP contribution in [0.25, 0.3) is 0 Å². The van der Waals surface area contributed by atoms with Crippen molar-refractivity contribution in [1.82, 2.24) is 0 Å². The lowest BCUT2D eigenvalue weighted by Crippen LogP contribution is -2.13. The van der Waals surface area contributed by atoms with Crippen LogP contribution in [0.5, 0.6) is 0 Å². The van der Waals surface area contributed by atoms with Crippen LogP contribution in [0.2, 0.25) is 0 Å². The number of hydrogen-bond acceptors (Lipinski definition) is 2. The minimum atomic E-state index is -0.581. The van der Waals surface area contributed by atoms with Crippen LogP contribution >= 0.6 is 15.9 Å². The predicted octanol–water partition coefficient (Wildman–Crippen LogP) is 3.40. The molecule has 0 unspecified atom stereocenters. The van der Waals surface area contributed by atoms with E-state index in [1.165, 1.54) is 6.07 Å². The zero-order valence-electron chi connectivity index (χ0n) is 10.3. The molecule has 0 aliphatic carbocycles. The molecule has 0 radical (unpaired) electrons. The SMILES string of the molecule is C#Cc1cccc(NC(=O)c2cc(N)c(F)cc2Br)c1. The van der Waals surface area contributed by atoms with Gasteiger partial charge in [-0.05, 0) is 46.3 Å². The summed E-state index contributed by atoms with van der Waals surface area (Å²) in [5.41, 5.74) is 6.83. The number of anilines is 2. The number of amides is 1. The van der Waals surface area contributed by atoms with Crippen LogP contribution < -0.4 is 11.1 Å². The summed E-state index contributed by atoms with van der Waals surface area (Å²) in [6.07, 6.45) is 5.29. The molecule has 0 atom stereocenters. The Kier molecular flexibility index (Phi) is 4.06. The van der Waals surface area contributed by atoms with E-state index < -0.39 is 11.7 Å². The van der Waals surface area contributed by atoms with E-state index in [-0.39, 0.29) is 11.3 Å². The molecule has 3 nitrogen and oxygen atoms in total. The van der Waals surface area contributed by atoms with Crippen molar-refractivity contribution in [1.29, 1.82) is 0 Å². The second-order valence-corrected chi connectivity index (χ2v) is 4.89. The highest BCUT2D eigenvalue weighted by Gasteiger charge is 2.13. The maximum absolute atomic E-state index is 13.2. The lowest BCUT2D eigenvalue weighted by Gasteiger charge is -2.08. The minimum Gasteiger partial charge on any atom is -0.396 e. The molecule has 0 heterocycles. The van der Waals surface area contributed by atoms with E-state index in [4.69, 9.17) is 12.2 Å². The van der Waals surface area contributed by atoms with Crippen molar-refractivity contribution in [3.05, 3.63) is 57.8 Å². The number of carbonyl (C=O) groups is 1. The van der Waals surface area contributed by atoms with Gasteiger partial charge in [-0.1, -0.05) is 12.0 Å². The molecule has 0 bridgehead atoms. The highest BCUT2D eigenvalue weighted by atomic mass is 79.9. The van der Waals surface area contributed by atoms with Gasteiger partial charge in [0, 0.05) is 15.7 Å². The fraction of sp³-hybridized carbons (Fsp3) is 0. The summed E-state index contributed by atoms with van der Waals surface area (Å²) in [6.45, 7) is 0. The number of rotatable bonds is 2. The third-order valence-electron chi connectivity index (χ3n) is 2.62. The zero-order chi connectivity index (χ0) is 14.7. The molecule has 0 saturated carbocycles. The monoisotopic (exact) mass is 332 g/mol. The van der Waals surface area contributed by atoms with Crippen LogP contribution in [0.3, 0.4) is 0 Å². The molecule has 0 aliphatic heterocycles. The predicted molar refractivity (Wildman–Crippen MR) is 80.8 cm³/mol. The number of nitrogens with two attached hydrogens (primary N) is 1. The van der Waals surface area contributed by atoms with Crippen LogP contribution in [0, 0.1) is 18.2 Å². The maximum atomic E-state index is 13.2. The van der Waals surface area contributed by atoms with Gasteiger partial charge in [0.05, 0.1) is 11.3 Å². The summed E-state index contributed by atoms with van der Waals surface area (Å²) >= 11 is 3.13. The average molecular weight is 333 g/mol. The second-order valence-electron chi connectivity index (χ2n) is 4.03. The van der Waals surface area contributed by atoms with Gasteiger partial charge in [-0.3, -0.25) is 4.79 Å². The van der Waals surface area contributed by atoms with Crippen molar-refractivity contribution in [2.75, 3.05) is 11.1 Å². The number of benzene rings is 2. The molecule has 0 saturated heterocycles. The molecule has 100 valence electrons. The van der Waals surface area contributed by atoms with Gasteiger partial charge in [-0.25, -0.2) is 4.39 Å². The highest BCUT2D eigenvalue weighted by Crippen LogP contribution is 2.24. The molecule has 3 N–H and O–H groups in total. The van der Waals surface area contributed by atoms with Crippen LogP contribution in [-0.4, -0.2) is 5.91 Å². The fourth-order valence-corrected chi connectivity index (χ4v) is 2.12. The maximum Gasteiger partial charge on any atom is 0.256 e. The van der Waals surface area contributed by atoms with E-state index in [1.54, 1.807) is 24.3 Å². The van der Waals surface area contributed by atoms with Crippen molar-refractivity contribution < 1.29 is 9.18 Å². The smallest absolute Gasteiger partial charge is 0.256 e. The first-order chi connectivity index (χ1) is 9.51. The van der Waals surface area contributed by atoms with E-state index in [2.05, 4.69) is 27.2 Å². The first-order valence-electron chi connectivity index (χ1n) is 5.64. The molecule has 2 rings (SSSR count). The van der Waals surface area contributed by atoms with Crippen molar-refractivity contribution in [3.63, 3.8) is 0 Å². The van der Waals surface area contributed by atoms with Gasteiger partial charge < -0.3 is 11.1 Å². The Morgan fingerprint density at radius 1 is 1.35 bits per heavy atom. The van der Waals surface area contributed by atoms with Crippen molar-refractivity contribution in [2.24, 2.45) is 0 Å². The van der Waals surface area contributed by atoms with Crippen molar-refractivity contribution in [3.8, 4) is 12.3 Å². The molecule has 20 heavy (non-hydrogen) atoms. The number of terminal acetylenes is 1. The molecular formula is C15H10BrFN2O. The topological polar surface area (TPSA) is 55.1 Å². The van der Waals surface area contributed by atoms with Gasteiger partial charge in [-0.2, -0.15) is 0 Å². The van der Waals surface area contributed by atoms with Gasteiger partial charge in [0.25, 0.3) is 5.91 Å². The van der Waals surface area contributed by atoms with Gasteiger partial charge in [0.15, 0.2) is 0 Å². The Morgan fingerprint density at radius 2 is 2.10 bits per heavy atom. The minimum absolute atomic E-state index is 0.0873. The van der Waals surface area contributed by atoms with Gasteiger partial charge in [-0.15, -0.1) is 6.42 Å². The van der Waals surface area contributed by atoms with Gasteiger partial charge >= 0.3 is 0 Å².